The molecule has 1 aliphatic carbocycles. The van der Waals surface area contributed by atoms with Gasteiger partial charge in [-0.3, -0.25) is 9.97 Å². The molecular weight excluding hydrogens is 1550 g/mol. The van der Waals surface area contributed by atoms with Gasteiger partial charge in [-0.2, -0.15) is 5.26 Å². The fourth-order valence-corrected chi connectivity index (χ4v) is 16.8. The lowest BCUT2D eigenvalue weighted by atomic mass is 9.70. The zero-order valence-electron chi connectivity index (χ0n) is 80.7. The molecule has 5 aromatic carbocycles. The number of ether oxygens (including phenoxy) is 2. The molecule has 0 bridgehead atoms. The van der Waals surface area contributed by atoms with E-state index in [0.29, 0.717) is 30.2 Å². The minimum atomic E-state index is 0. The summed E-state index contributed by atoms with van der Waals surface area (Å²) in [6, 6.07) is 39.6. The fraction of sp³-hybridized carbons (Fsp3) is 0.607. The second kappa shape index (κ2) is 77.9. The molecule has 0 fully saturated rings. The molecule has 8 rings (SSSR count). The van der Waals surface area contributed by atoms with Crippen LogP contribution in [0.25, 0.3) is 39.5 Å². The van der Waals surface area contributed by atoms with E-state index >= 15 is 0 Å². The number of rotatable bonds is 54. The first-order valence-corrected chi connectivity index (χ1v) is 49.3. The van der Waals surface area contributed by atoms with Gasteiger partial charge in [0.05, 0.1) is 37.1 Å². The van der Waals surface area contributed by atoms with E-state index in [0.717, 1.165) is 71.4 Å². The summed E-state index contributed by atoms with van der Waals surface area (Å²) in [5.74, 6) is 1.46. The molecule has 720 valence electrons. The first kappa shape index (κ1) is 126. The van der Waals surface area contributed by atoms with Crippen LogP contribution in [0.15, 0.2) is 121 Å². The smallest absolute Gasteiger partial charge is 0.195 e. The summed E-state index contributed by atoms with van der Waals surface area (Å²) in [6.07, 6.45) is 71.6. The normalized spacial score (nSPS) is 11.3. The molecule has 0 saturated carbocycles. The van der Waals surface area contributed by atoms with Gasteiger partial charge >= 0.3 is 0 Å². The minimum Gasteiger partial charge on any atom is -0.493 e. The average Bonchev–Trinajstić information content (AvgIpc) is 1.56. The third-order valence-corrected chi connectivity index (χ3v) is 24.6. The van der Waals surface area contributed by atoms with Crippen LogP contribution < -0.4 is 9.47 Å². The van der Waals surface area contributed by atoms with Crippen molar-refractivity contribution in [3.05, 3.63) is 233 Å². The third-order valence-electron chi connectivity index (χ3n) is 24.6. The van der Waals surface area contributed by atoms with Crippen molar-refractivity contribution in [1.82, 2.24) is 9.97 Å². The van der Waals surface area contributed by atoms with Crippen LogP contribution >= 0.6 is 0 Å². The maximum atomic E-state index is 9.71. The van der Waals surface area contributed by atoms with Crippen LogP contribution in [0.3, 0.4) is 0 Å². The lowest BCUT2D eigenvalue weighted by Crippen LogP contribution is -2.26. The molecule has 6 nitrogen and oxygen atoms in total. The van der Waals surface area contributed by atoms with Gasteiger partial charge in [0.2, 0.25) is 0 Å². The van der Waals surface area contributed by atoms with Crippen molar-refractivity contribution in [2.45, 2.75) is 477 Å². The van der Waals surface area contributed by atoms with Crippen molar-refractivity contribution in [2.24, 2.45) is 0 Å². The number of pyridine rings is 2. The Balaban J connectivity index is -0.000000798. The Morgan fingerprint density at radius 2 is 0.820 bits per heavy atom. The van der Waals surface area contributed by atoms with Gasteiger partial charge in [-0.15, -0.1) is 0 Å². The van der Waals surface area contributed by atoms with Crippen LogP contribution in [0.1, 0.15) is 490 Å². The highest BCUT2D eigenvalue weighted by molar-refractivity contribution is 5.90. The second-order valence-corrected chi connectivity index (χ2v) is 35.6. The van der Waals surface area contributed by atoms with Gasteiger partial charge in [-0.05, 0) is 226 Å². The number of aryl methyl sites for hydroxylation is 12. The summed E-state index contributed by atoms with van der Waals surface area (Å²) in [5, 5.41) is 9.71. The van der Waals surface area contributed by atoms with Gasteiger partial charge in [-0.1, -0.05) is 451 Å². The standard InChI is InChI=1S/C38H61N.C34H44N2O2.C20H34.C13H21N.C10H12.7CH4/c1-5-7-9-11-13-15-17-19-21-23-27-38(28-24-22-20-18-16-14-12-10-8-6-2)35-29-32(3)25-26-34(35)37-36(38)30-33(4)31-39-37;1-8-11-13-15-17-37-33-21-26(5)25(4)19-29(33)22-32(36-7)30-23-34(38-18-16-14-12-9-2)31(20-27(30)6)28(10-3)24-35;1-4-5-6-7-8-9-10-11-12-13-14-20-17-18(2)15-16-19(20)3;1-4-5-6-7-8-13-11(2)9-10-12(3)14-13;1-3-4-10-7-5-9(2)6-8-10;;;;;;;/h25-26,29-31H,5-24,27-28H2,1-4H3;10,19-23H,8-9,11-18H2,1-6H3;15-17H,4-14H2,1-3H3;9-10H,4-8H2,1-3H3;3-8H,1-2H3;7*1H4/b;28-10+,32-22-;;;4-3+;;;;;;;. The molecule has 0 radical (unpaired) electrons. The van der Waals surface area contributed by atoms with Crippen molar-refractivity contribution in [1.29, 1.82) is 5.26 Å². The van der Waals surface area contributed by atoms with Gasteiger partial charge in [0.15, 0.2) is 5.70 Å². The van der Waals surface area contributed by atoms with Crippen LogP contribution in [0.5, 0.6) is 11.5 Å². The molecule has 7 aromatic rings. The molecule has 0 unspecified atom stereocenters. The predicted octanol–water partition coefficient (Wildman–Crippen LogP) is 40.5. The van der Waals surface area contributed by atoms with Gasteiger partial charge in [0.25, 0.3) is 0 Å². The molecule has 6 heteroatoms. The average molecular weight is 1750 g/mol. The van der Waals surface area contributed by atoms with Crippen molar-refractivity contribution >= 4 is 23.4 Å². The zero-order valence-corrected chi connectivity index (χ0v) is 80.7. The molecule has 128 heavy (non-hydrogen) atoms. The largest absolute Gasteiger partial charge is 0.493 e. The van der Waals surface area contributed by atoms with E-state index in [2.05, 4.69) is 223 Å². The lowest BCUT2D eigenvalue weighted by Gasteiger charge is -2.33. The lowest BCUT2D eigenvalue weighted by molar-refractivity contribution is 0.304. The van der Waals surface area contributed by atoms with E-state index in [4.69, 9.17) is 21.0 Å². The summed E-state index contributed by atoms with van der Waals surface area (Å²) in [6.45, 7) is 48.1. The van der Waals surface area contributed by atoms with Crippen LogP contribution in [0.2, 0.25) is 0 Å². The number of fused-ring (bicyclic) bond motifs is 3. The Bertz CT molecular complexity index is 4050. The van der Waals surface area contributed by atoms with Crippen molar-refractivity contribution in [2.75, 3.05) is 13.2 Å². The monoisotopic (exact) mass is 1750 g/mol. The Kier molecular flexibility index (Phi) is 77.0. The maximum absolute atomic E-state index is 9.71. The summed E-state index contributed by atoms with van der Waals surface area (Å²) in [4.78, 5) is 13.5. The topological polar surface area (TPSA) is 72.4 Å². The molecule has 0 atom stereocenters. The van der Waals surface area contributed by atoms with E-state index in [-0.39, 0.29) is 57.4 Å². The van der Waals surface area contributed by atoms with Gasteiger partial charge in [0.1, 0.15) is 11.5 Å². The van der Waals surface area contributed by atoms with Crippen molar-refractivity contribution in [3.8, 4) is 28.8 Å². The van der Waals surface area contributed by atoms with E-state index < -0.39 is 0 Å². The molecule has 0 amide bonds. The quantitative estimate of drug-likeness (QED) is 0.0164. The molecule has 0 aliphatic heterocycles. The molecule has 1 aliphatic rings. The van der Waals surface area contributed by atoms with Gasteiger partial charge in [0, 0.05) is 39.7 Å². The number of unbranched alkanes of at least 4 members (excludes halogenated alkanes) is 36. The van der Waals surface area contributed by atoms with E-state index in [1.54, 1.807) is 11.1 Å². The van der Waals surface area contributed by atoms with E-state index in [1.807, 2.05) is 51.1 Å². The van der Waals surface area contributed by atoms with Crippen LogP contribution in [-0.2, 0) is 18.3 Å². The highest BCUT2D eigenvalue weighted by Crippen LogP contribution is 2.54. The molecule has 2 aromatic heterocycles. The Hall–Kier alpha value is -7.80. The molecular formula is C122H200N4O2. The SMILES string of the molecule is C.C.C.C.C.C.C.C/C=C/c1ccc(C)cc1.CCCCCCCCCCCCC1(CCCCCCCCCCCC)c2cc(C)ccc2-c2ncc(C)cc21.CCCCCCCCCCCCc1cc(C)ccc1C.CCCCCCc1nc(C)ccc1C.[C-]#[N+]/C(=C\c1cc(C)c(C)cc1OCCCCCC)c1cc(OCCCCCC)c(/C(C#N)=C/C)cc1C. The molecule has 0 spiro atoms. The van der Waals surface area contributed by atoms with Crippen LogP contribution in [0.4, 0.5) is 0 Å². The minimum absolute atomic E-state index is 0. The van der Waals surface area contributed by atoms with Crippen molar-refractivity contribution < 1.29 is 9.47 Å². The molecule has 0 N–H and O–H groups in total. The van der Waals surface area contributed by atoms with Gasteiger partial charge in [-0.25, -0.2) is 4.85 Å². The van der Waals surface area contributed by atoms with E-state index in [1.165, 1.54) is 330 Å². The number of aromatic nitrogens is 2. The second-order valence-electron chi connectivity index (χ2n) is 35.6. The number of hydrogen-bond acceptors (Lipinski definition) is 5. The first-order valence-electron chi connectivity index (χ1n) is 49.3. The van der Waals surface area contributed by atoms with Crippen molar-refractivity contribution in [3.63, 3.8) is 0 Å². The first-order chi connectivity index (χ1) is 58.8. The zero-order chi connectivity index (χ0) is 88.1. The number of allylic oxidation sites excluding steroid dienone is 3. The number of hydrogen-bond donors (Lipinski definition) is 0. The number of benzene rings is 5. The van der Waals surface area contributed by atoms with Gasteiger partial charge < -0.3 is 9.47 Å². The maximum Gasteiger partial charge on any atom is 0.195 e. The number of nitriles is 1. The highest BCUT2D eigenvalue weighted by atomic mass is 16.5. The molecule has 2 heterocycles. The van der Waals surface area contributed by atoms with Crippen LogP contribution in [-0.4, -0.2) is 23.2 Å². The van der Waals surface area contributed by atoms with E-state index in [9.17, 15) is 5.26 Å². The predicted molar refractivity (Wildman–Crippen MR) is 579 cm³/mol. The Labute approximate surface area is 795 Å². The fourth-order valence-electron chi connectivity index (χ4n) is 16.8. The number of nitrogens with zero attached hydrogens (tertiary/aromatic N) is 4. The van der Waals surface area contributed by atoms with Crippen LogP contribution in [0, 0.1) is 87.1 Å². The summed E-state index contributed by atoms with van der Waals surface area (Å²) >= 11 is 0. The molecule has 0 saturated heterocycles. The Morgan fingerprint density at radius 1 is 0.398 bits per heavy atom. The summed E-state index contributed by atoms with van der Waals surface area (Å²) < 4.78 is 12.4. The summed E-state index contributed by atoms with van der Waals surface area (Å²) in [5.41, 5.74) is 26.3. The highest BCUT2D eigenvalue weighted by Gasteiger charge is 2.43. The Morgan fingerprint density at radius 3 is 1.30 bits per heavy atom. The summed E-state index contributed by atoms with van der Waals surface area (Å²) in [7, 11) is 0. The third kappa shape index (κ3) is 49.4.